The molecule has 0 unspecified atom stereocenters. The van der Waals surface area contributed by atoms with Crippen LogP contribution >= 0.6 is 46.4 Å². The molecule has 0 saturated carbocycles. The van der Waals surface area contributed by atoms with Gasteiger partial charge in [0.2, 0.25) is 12.7 Å². The van der Waals surface area contributed by atoms with Crippen molar-refractivity contribution >= 4 is 63.9 Å². The number of aromatic nitrogens is 1. The molecule has 7 nitrogen and oxygen atoms in total. The minimum absolute atomic E-state index is 0.00113. The number of carbonyl (C=O) groups excluding carboxylic acids is 2. The third kappa shape index (κ3) is 4.12. The molecule has 11 heteroatoms. The van der Waals surface area contributed by atoms with Crippen LogP contribution in [0.25, 0.3) is 0 Å². The second kappa shape index (κ2) is 8.67. The smallest absolute Gasteiger partial charge is 0.274 e. The van der Waals surface area contributed by atoms with Crippen LogP contribution in [0.4, 0.5) is 5.69 Å². The molecule has 1 N–H and O–H groups in total. The van der Waals surface area contributed by atoms with E-state index in [1.807, 2.05) is 0 Å². The number of rotatable bonds is 3. The molecule has 2 aromatic rings. The lowest BCUT2D eigenvalue weighted by Gasteiger charge is -2.31. The van der Waals surface area contributed by atoms with Crippen molar-refractivity contribution < 1.29 is 19.1 Å². The van der Waals surface area contributed by atoms with Crippen LogP contribution in [0.2, 0.25) is 20.2 Å². The fraction of sp³-hybridized carbons (Fsp3) is 0.316. The predicted molar refractivity (Wildman–Crippen MR) is 114 cm³/mol. The van der Waals surface area contributed by atoms with Gasteiger partial charge in [-0.15, -0.1) is 0 Å². The zero-order chi connectivity index (χ0) is 21.4. The minimum atomic E-state index is -0.407. The Morgan fingerprint density at radius 3 is 2.43 bits per heavy atom. The maximum absolute atomic E-state index is 12.8. The summed E-state index contributed by atoms with van der Waals surface area (Å²) < 4.78 is 10.6. The zero-order valence-electron chi connectivity index (χ0n) is 15.4. The Balaban J connectivity index is 1.38. The van der Waals surface area contributed by atoms with Gasteiger partial charge in [-0.3, -0.25) is 9.59 Å². The molecular formula is C19H15Cl4N3O4. The second-order valence-corrected chi connectivity index (χ2v) is 8.31. The third-order valence-corrected chi connectivity index (χ3v) is 6.66. The lowest BCUT2D eigenvalue weighted by Crippen LogP contribution is -2.41. The number of hydrogen-bond acceptors (Lipinski definition) is 5. The highest BCUT2D eigenvalue weighted by Gasteiger charge is 2.31. The Bertz CT molecular complexity index is 1030. The van der Waals surface area contributed by atoms with E-state index in [1.54, 1.807) is 23.1 Å². The van der Waals surface area contributed by atoms with E-state index in [1.165, 1.54) is 0 Å². The zero-order valence-corrected chi connectivity index (χ0v) is 18.4. The Labute approximate surface area is 192 Å². The molecule has 3 heterocycles. The van der Waals surface area contributed by atoms with Crippen LogP contribution in [0.1, 0.15) is 23.3 Å². The Morgan fingerprint density at radius 2 is 1.70 bits per heavy atom. The summed E-state index contributed by atoms with van der Waals surface area (Å²) in [6.07, 6.45) is 0.990. The molecule has 1 aromatic carbocycles. The number of benzene rings is 1. The van der Waals surface area contributed by atoms with E-state index in [-0.39, 0.29) is 44.5 Å². The number of anilines is 1. The van der Waals surface area contributed by atoms with Crippen LogP contribution in [-0.2, 0) is 4.79 Å². The number of likely N-dealkylation sites (tertiary alicyclic amines) is 1. The molecule has 1 saturated heterocycles. The highest BCUT2D eigenvalue weighted by Crippen LogP contribution is 2.37. The van der Waals surface area contributed by atoms with Gasteiger partial charge in [-0.1, -0.05) is 46.4 Å². The lowest BCUT2D eigenvalue weighted by molar-refractivity contribution is -0.121. The summed E-state index contributed by atoms with van der Waals surface area (Å²) in [6, 6.07) is 5.23. The largest absolute Gasteiger partial charge is 0.454 e. The molecule has 1 fully saturated rings. The van der Waals surface area contributed by atoms with Crippen molar-refractivity contribution in [3.8, 4) is 11.5 Å². The number of fused-ring (bicyclic) bond motifs is 1. The first-order valence-electron chi connectivity index (χ1n) is 9.05. The molecule has 30 heavy (non-hydrogen) atoms. The van der Waals surface area contributed by atoms with Crippen molar-refractivity contribution in [1.29, 1.82) is 0 Å². The molecule has 158 valence electrons. The lowest BCUT2D eigenvalue weighted by atomic mass is 9.95. The number of halogens is 4. The number of nitrogens with one attached hydrogen (secondary N) is 1. The summed E-state index contributed by atoms with van der Waals surface area (Å²) in [6.45, 7) is 0.907. The average molecular weight is 491 g/mol. The van der Waals surface area contributed by atoms with Crippen molar-refractivity contribution in [3.63, 3.8) is 0 Å². The standard InChI is InChI=1S/C19H15Cl4N3O4/c20-13-14(21)16(25-17(23)15(13)22)19(28)26-5-3-9(4-6-26)18(27)24-10-1-2-11-12(7-10)30-8-29-11/h1-2,7,9H,3-6,8H2,(H,24,27). The molecule has 0 aliphatic carbocycles. The van der Waals surface area contributed by atoms with Crippen molar-refractivity contribution in [1.82, 2.24) is 9.88 Å². The van der Waals surface area contributed by atoms with E-state index in [0.29, 0.717) is 43.1 Å². The van der Waals surface area contributed by atoms with E-state index in [9.17, 15) is 9.59 Å². The van der Waals surface area contributed by atoms with Gasteiger partial charge < -0.3 is 19.7 Å². The summed E-state index contributed by atoms with van der Waals surface area (Å²) in [5, 5.41) is 2.74. The first-order valence-corrected chi connectivity index (χ1v) is 10.6. The molecule has 2 aliphatic heterocycles. The van der Waals surface area contributed by atoms with Gasteiger partial charge in [0, 0.05) is 30.8 Å². The van der Waals surface area contributed by atoms with E-state index < -0.39 is 5.91 Å². The number of carbonyl (C=O) groups is 2. The van der Waals surface area contributed by atoms with Gasteiger partial charge in [0.25, 0.3) is 5.91 Å². The number of amides is 2. The van der Waals surface area contributed by atoms with Crippen molar-refractivity contribution in [2.45, 2.75) is 12.8 Å². The van der Waals surface area contributed by atoms with Gasteiger partial charge in [0.05, 0.1) is 15.1 Å². The number of hydrogen-bond donors (Lipinski definition) is 1. The van der Waals surface area contributed by atoms with Crippen LogP contribution in [0.5, 0.6) is 11.5 Å². The van der Waals surface area contributed by atoms with Crippen LogP contribution in [0, 0.1) is 5.92 Å². The summed E-state index contributed by atoms with van der Waals surface area (Å²) in [5.41, 5.74) is 0.573. The molecule has 0 bridgehead atoms. The third-order valence-electron chi connectivity index (χ3n) is 4.98. The van der Waals surface area contributed by atoms with Gasteiger partial charge >= 0.3 is 0 Å². The van der Waals surface area contributed by atoms with Crippen molar-refractivity contribution in [2.24, 2.45) is 5.92 Å². The number of pyridine rings is 1. The Morgan fingerprint density at radius 1 is 1.00 bits per heavy atom. The minimum Gasteiger partial charge on any atom is -0.454 e. The molecule has 0 spiro atoms. The van der Waals surface area contributed by atoms with E-state index in [0.717, 1.165) is 0 Å². The first kappa shape index (κ1) is 21.3. The van der Waals surface area contributed by atoms with Crippen molar-refractivity contribution in [2.75, 3.05) is 25.2 Å². The summed E-state index contributed by atoms with van der Waals surface area (Å²) >= 11 is 24.0. The number of piperidine rings is 1. The summed E-state index contributed by atoms with van der Waals surface area (Å²) in [7, 11) is 0. The molecule has 0 atom stereocenters. The highest BCUT2D eigenvalue weighted by molar-refractivity contribution is 6.52. The van der Waals surface area contributed by atoms with Crippen LogP contribution in [0.3, 0.4) is 0 Å². The quantitative estimate of drug-likeness (QED) is 0.618. The number of ether oxygens (including phenoxy) is 2. The Kier molecular flexibility index (Phi) is 6.16. The fourth-order valence-corrected chi connectivity index (χ4v) is 4.15. The van der Waals surface area contributed by atoms with E-state index >= 15 is 0 Å². The maximum Gasteiger partial charge on any atom is 0.274 e. The summed E-state index contributed by atoms with van der Waals surface area (Å²) in [5.74, 6) is 0.484. The van der Waals surface area contributed by atoms with E-state index in [2.05, 4.69) is 10.3 Å². The van der Waals surface area contributed by atoms with Crippen LogP contribution in [0.15, 0.2) is 18.2 Å². The topological polar surface area (TPSA) is 80.8 Å². The first-order chi connectivity index (χ1) is 14.3. The van der Waals surface area contributed by atoms with Crippen LogP contribution < -0.4 is 14.8 Å². The fourth-order valence-electron chi connectivity index (χ4n) is 3.34. The second-order valence-electron chi connectivity index (χ2n) is 6.82. The van der Waals surface area contributed by atoms with Crippen LogP contribution in [-0.4, -0.2) is 41.6 Å². The van der Waals surface area contributed by atoms with Gasteiger partial charge in [-0.05, 0) is 25.0 Å². The predicted octanol–water partition coefficient (Wildman–Crippen LogP) is 4.91. The van der Waals surface area contributed by atoms with Gasteiger partial charge in [-0.25, -0.2) is 4.98 Å². The molecule has 0 radical (unpaired) electrons. The molecule has 4 rings (SSSR count). The normalized spacial score (nSPS) is 15.9. The summed E-state index contributed by atoms with van der Waals surface area (Å²) in [4.78, 5) is 31.0. The monoisotopic (exact) mass is 489 g/mol. The highest BCUT2D eigenvalue weighted by atomic mass is 35.5. The molecule has 1 aromatic heterocycles. The Hall–Kier alpha value is -1.93. The maximum atomic E-state index is 12.8. The van der Waals surface area contributed by atoms with Gasteiger partial charge in [0.1, 0.15) is 10.8 Å². The van der Waals surface area contributed by atoms with Crippen molar-refractivity contribution in [3.05, 3.63) is 44.1 Å². The molecule has 2 amide bonds. The van der Waals surface area contributed by atoms with Gasteiger partial charge in [-0.2, -0.15) is 0 Å². The van der Waals surface area contributed by atoms with Gasteiger partial charge in [0.15, 0.2) is 11.5 Å². The SMILES string of the molecule is O=C(Nc1ccc2c(c1)OCO2)C1CCN(C(=O)c2nc(Cl)c(Cl)c(Cl)c2Cl)CC1. The average Bonchev–Trinajstić information content (AvgIpc) is 3.22. The number of nitrogens with zero attached hydrogens (tertiary/aromatic N) is 2. The molecule has 2 aliphatic rings. The van der Waals surface area contributed by atoms with E-state index in [4.69, 9.17) is 55.9 Å². The molecular weight excluding hydrogens is 476 g/mol.